The van der Waals surface area contributed by atoms with E-state index in [2.05, 4.69) is 17.1 Å². The van der Waals surface area contributed by atoms with Gasteiger partial charge in [0.1, 0.15) is 0 Å². The van der Waals surface area contributed by atoms with Crippen molar-refractivity contribution < 1.29 is 19.4 Å². The predicted octanol–water partition coefficient (Wildman–Crippen LogP) is 1.86. The van der Waals surface area contributed by atoms with E-state index in [4.69, 9.17) is 26.8 Å². The molecular formula is C18H26ClN3O4. The predicted molar refractivity (Wildman–Crippen MR) is 99.8 cm³/mol. The molecule has 0 spiro atoms. The average molecular weight is 384 g/mol. The highest BCUT2D eigenvalue weighted by Crippen LogP contribution is 2.44. The van der Waals surface area contributed by atoms with Gasteiger partial charge in [0.15, 0.2) is 11.5 Å². The summed E-state index contributed by atoms with van der Waals surface area (Å²) in [5.41, 5.74) is 6.42. The van der Waals surface area contributed by atoms with Crippen molar-refractivity contribution in [1.82, 2.24) is 10.2 Å². The Hall–Kier alpha value is -1.70. The van der Waals surface area contributed by atoms with Crippen LogP contribution in [0.3, 0.4) is 0 Å². The SMILES string of the molecule is CCCCN1CCC(CNC(=O)c2cc(Cl)c(N)c3c2OCO3)C(O)C1. The number of benzene rings is 1. The lowest BCUT2D eigenvalue weighted by Gasteiger charge is -2.36. The molecule has 1 fully saturated rings. The quantitative estimate of drug-likeness (QED) is 0.649. The molecule has 0 saturated carbocycles. The van der Waals surface area contributed by atoms with Crippen LogP contribution in [0.1, 0.15) is 36.5 Å². The highest BCUT2D eigenvalue weighted by Gasteiger charge is 2.30. The zero-order chi connectivity index (χ0) is 18.7. The first-order valence-corrected chi connectivity index (χ1v) is 9.45. The Labute approximate surface area is 158 Å². The number of unbranched alkanes of at least 4 members (excludes halogenated alkanes) is 1. The number of piperidine rings is 1. The normalized spacial score (nSPS) is 22.4. The van der Waals surface area contributed by atoms with Gasteiger partial charge in [0.05, 0.1) is 22.4 Å². The van der Waals surface area contributed by atoms with Gasteiger partial charge in [-0.25, -0.2) is 0 Å². The zero-order valence-corrected chi connectivity index (χ0v) is 15.7. The number of anilines is 1. The Morgan fingerprint density at radius 3 is 2.96 bits per heavy atom. The minimum absolute atomic E-state index is 0.00902. The summed E-state index contributed by atoms with van der Waals surface area (Å²) in [6, 6.07) is 1.49. The molecule has 1 aromatic rings. The summed E-state index contributed by atoms with van der Waals surface area (Å²) in [4.78, 5) is 14.9. The number of aliphatic hydroxyl groups excluding tert-OH is 1. The Kier molecular flexibility index (Phi) is 6.11. The Morgan fingerprint density at radius 1 is 1.46 bits per heavy atom. The molecule has 0 bridgehead atoms. The Morgan fingerprint density at radius 2 is 2.23 bits per heavy atom. The van der Waals surface area contributed by atoms with E-state index in [1.807, 2.05) is 0 Å². The van der Waals surface area contributed by atoms with Crippen LogP contribution in [0.5, 0.6) is 11.5 Å². The molecule has 2 unspecified atom stereocenters. The number of carbonyl (C=O) groups excluding carboxylic acids is 1. The van der Waals surface area contributed by atoms with Gasteiger partial charge in [0, 0.05) is 19.0 Å². The molecule has 3 rings (SSSR count). The number of aliphatic hydroxyl groups is 1. The molecule has 144 valence electrons. The first-order valence-electron chi connectivity index (χ1n) is 9.07. The first-order chi connectivity index (χ1) is 12.5. The molecule has 1 saturated heterocycles. The number of halogens is 1. The molecule has 0 radical (unpaired) electrons. The van der Waals surface area contributed by atoms with E-state index in [-0.39, 0.29) is 29.3 Å². The van der Waals surface area contributed by atoms with Crippen molar-refractivity contribution in [2.75, 3.05) is 38.7 Å². The fraction of sp³-hybridized carbons (Fsp3) is 0.611. The molecule has 2 atom stereocenters. The number of amides is 1. The Bertz CT molecular complexity index is 670. The molecule has 1 amide bonds. The molecular weight excluding hydrogens is 358 g/mol. The number of β-amino-alcohol motifs (C(OH)–C–C–N with tert-alkyl or cyclic N) is 1. The standard InChI is InChI=1S/C18H26ClN3O4/c1-2-3-5-22-6-4-11(14(23)9-22)8-21-18(24)12-7-13(19)15(20)17-16(12)25-10-26-17/h7,11,14,23H,2-6,8-10,20H2,1H3,(H,21,24). The van der Waals surface area contributed by atoms with E-state index in [0.29, 0.717) is 30.2 Å². The number of hydrogen-bond donors (Lipinski definition) is 3. The van der Waals surface area contributed by atoms with Gasteiger partial charge in [-0.2, -0.15) is 0 Å². The minimum atomic E-state index is -0.443. The lowest BCUT2D eigenvalue weighted by atomic mass is 9.93. The van der Waals surface area contributed by atoms with Crippen molar-refractivity contribution in [3.05, 3.63) is 16.7 Å². The van der Waals surface area contributed by atoms with Crippen molar-refractivity contribution in [3.63, 3.8) is 0 Å². The van der Waals surface area contributed by atoms with Crippen molar-refractivity contribution in [3.8, 4) is 11.5 Å². The molecule has 8 heteroatoms. The van der Waals surface area contributed by atoms with Gasteiger partial charge >= 0.3 is 0 Å². The number of nitrogen functional groups attached to an aromatic ring is 1. The van der Waals surface area contributed by atoms with E-state index >= 15 is 0 Å². The van der Waals surface area contributed by atoms with Crippen LogP contribution in [-0.4, -0.2) is 55.0 Å². The van der Waals surface area contributed by atoms with Crippen molar-refractivity contribution in [2.45, 2.75) is 32.3 Å². The molecule has 2 aliphatic heterocycles. The number of hydrogen-bond acceptors (Lipinski definition) is 6. The number of fused-ring (bicyclic) bond motifs is 1. The second-order valence-electron chi connectivity index (χ2n) is 6.86. The lowest BCUT2D eigenvalue weighted by Crippen LogP contribution is -2.47. The van der Waals surface area contributed by atoms with Crippen LogP contribution in [0.4, 0.5) is 5.69 Å². The molecule has 0 aromatic heterocycles. The lowest BCUT2D eigenvalue weighted by molar-refractivity contribution is 0.0217. The molecule has 2 heterocycles. The smallest absolute Gasteiger partial charge is 0.255 e. The highest BCUT2D eigenvalue weighted by molar-refractivity contribution is 6.34. The van der Waals surface area contributed by atoms with Gasteiger partial charge in [-0.3, -0.25) is 4.79 Å². The summed E-state index contributed by atoms with van der Waals surface area (Å²) in [5, 5.41) is 13.5. The summed E-state index contributed by atoms with van der Waals surface area (Å²) in [7, 11) is 0. The maximum absolute atomic E-state index is 12.6. The number of nitrogens with two attached hydrogens (primary N) is 1. The molecule has 7 nitrogen and oxygen atoms in total. The van der Waals surface area contributed by atoms with E-state index in [1.165, 1.54) is 6.07 Å². The summed E-state index contributed by atoms with van der Waals surface area (Å²) < 4.78 is 10.7. The van der Waals surface area contributed by atoms with Crippen LogP contribution in [0.25, 0.3) is 0 Å². The van der Waals surface area contributed by atoms with Gasteiger partial charge in [0.25, 0.3) is 5.91 Å². The third kappa shape index (κ3) is 4.00. The number of carbonyl (C=O) groups is 1. The minimum Gasteiger partial charge on any atom is -0.453 e. The fourth-order valence-electron chi connectivity index (χ4n) is 3.41. The van der Waals surface area contributed by atoms with E-state index in [9.17, 15) is 9.90 Å². The van der Waals surface area contributed by atoms with E-state index in [0.717, 1.165) is 32.4 Å². The molecule has 1 aromatic carbocycles. The second kappa shape index (κ2) is 8.33. The molecule has 26 heavy (non-hydrogen) atoms. The van der Waals surface area contributed by atoms with Gasteiger partial charge in [0.2, 0.25) is 6.79 Å². The van der Waals surface area contributed by atoms with Crippen molar-refractivity contribution in [2.24, 2.45) is 5.92 Å². The van der Waals surface area contributed by atoms with E-state index in [1.54, 1.807) is 0 Å². The largest absolute Gasteiger partial charge is 0.453 e. The third-order valence-corrected chi connectivity index (χ3v) is 5.35. The summed E-state index contributed by atoms with van der Waals surface area (Å²) in [6.07, 6.45) is 2.69. The summed E-state index contributed by atoms with van der Waals surface area (Å²) in [5.74, 6) is 0.354. The van der Waals surface area contributed by atoms with Gasteiger partial charge in [-0.1, -0.05) is 24.9 Å². The zero-order valence-electron chi connectivity index (χ0n) is 15.0. The van der Waals surface area contributed by atoms with E-state index < -0.39 is 6.10 Å². The molecule has 0 aliphatic carbocycles. The number of likely N-dealkylation sites (tertiary alicyclic amines) is 1. The van der Waals surface area contributed by atoms with Crippen LogP contribution >= 0.6 is 11.6 Å². The second-order valence-corrected chi connectivity index (χ2v) is 7.27. The topological polar surface area (TPSA) is 97.1 Å². The van der Waals surface area contributed by atoms with Crippen LogP contribution in [0.2, 0.25) is 5.02 Å². The first kappa shape index (κ1) is 19.1. The fourth-order valence-corrected chi connectivity index (χ4v) is 3.61. The average Bonchev–Trinajstić information content (AvgIpc) is 3.12. The Balaban J connectivity index is 1.59. The van der Waals surface area contributed by atoms with Gasteiger partial charge in [-0.05, 0) is 32.0 Å². The van der Waals surface area contributed by atoms with Crippen LogP contribution in [0.15, 0.2) is 6.07 Å². The van der Waals surface area contributed by atoms with Crippen LogP contribution in [0, 0.1) is 5.92 Å². The highest BCUT2D eigenvalue weighted by atomic mass is 35.5. The van der Waals surface area contributed by atoms with Gasteiger partial charge in [-0.15, -0.1) is 0 Å². The maximum Gasteiger partial charge on any atom is 0.255 e. The number of nitrogens with zero attached hydrogens (tertiary/aromatic N) is 1. The van der Waals surface area contributed by atoms with Crippen LogP contribution < -0.4 is 20.5 Å². The van der Waals surface area contributed by atoms with Crippen molar-refractivity contribution >= 4 is 23.2 Å². The molecule has 4 N–H and O–H groups in total. The summed E-state index contributed by atoms with van der Waals surface area (Å²) >= 11 is 6.09. The number of nitrogens with one attached hydrogen (secondary N) is 1. The maximum atomic E-state index is 12.6. The summed E-state index contributed by atoms with van der Waals surface area (Å²) in [6.45, 7) is 5.18. The number of ether oxygens (including phenoxy) is 2. The van der Waals surface area contributed by atoms with Gasteiger partial charge < -0.3 is 30.5 Å². The monoisotopic (exact) mass is 383 g/mol. The third-order valence-electron chi connectivity index (χ3n) is 5.03. The molecule has 2 aliphatic rings. The number of rotatable bonds is 6. The van der Waals surface area contributed by atoms with Crippen LogP contribution in [-0.2, 0) is 0 Å². The van der Waals surface area contributed by atoms with Crippen molar-refractivity contribution in [1.29, 1.82) is 0 Å².